The molecule has 1 aromatic heterocycles. The van der Waals surface area contributed by atoms with E-state index in [0.29, 0.717) is 5.38 Å². The zero-order valence-corrected chi connectivity index (χ0v) is 7.93. The fourth-order valence-corrected chi connectivity index (χ4v) is 1.34. The molecule has 3 nitrogen and oxygen atoms in total. The second kappa shape index (κ2) is 3.92. The van der Waals surface area contributed by atoms with Crippen LogP contribution in [0.1, 0.15) is 5.69 Å². The molecule has 0 atom stereocenters. The molecule has 16 heavy (non-hydrogen) atoms. The minimum absolute atomic E-state index is 0.258. The molecule has 0 aliphatic rings. The van der Waals surface area contributed by atoms with Gasteiger partial charge in [0.05, 0.1) is 0 Å². The number of anilines is 1. The van der Waals surface area contributed by atoms with E-state index in [9.17, 15) is 31.1 Å². The Labute approximate surface area is 88.1 Å². The number of amides is 1. The first kappa shape index (κ1) is 12.7. The number of rotatable bonds is 1. The Morgan fingerprint density at radius 1 is 1.25 bits per heavy atom. The minimum Gasteiger partial charge on any atom is -0.294 e. The van der Waals surface area contributed by atoms with Gasteiger partial charge in [0.15, 0.2) is 10.8 Å². The summed E-state index contributed by atoms with van der Waals surface area (Å²) in [7, 11) is 0. The molecule has 0 radical (unpaired) electrons. The maximum atomic E-state index is 12.0. The molecule has 1 rings (SSSR count). The molecule has 1 heterocycles. The summed E-state index contributed by atoms with van der Waals surface area (Å²) in [6.07, 6.45) is -9.91. The summed E-state index contributed by atoms with van der Waals surface area (Å²) in [5.74, 6) is -2.37. The van der Waals surface area contributed by atoms with E-state index in [-0.39, 0.29) is 11.3 Å². The lowest BCUT2D eigenvalue weighted by molar-refractivity contribution is -0.167. The molecule has 10 heteroatoms. The normalized spacial score (nSPS) is 12.6. The van der Waals surface area contributed by atoms with E-state index >= 15 is 0 Å². The van der Waals surface area contributed by atoms with E-state index < -0.39 is 29.1 Å². The maximum absolute atomic E-state index is 12.0. The van der Waals surface area contributed by atoms with Crippen molar-refractivity contribution in [1.29, 1.82) is 0 Å². The third kappa shape index (κ3) is 3.08. The molecule has 0 fully saturated rings. The number of nitrogens with zero attached hydrogens (tertiary/aromatic N) is 1. The monoisotopic (exact) mass is 264 g/mol. The Morgan fingerprint density at radius 3 is 2.19 bits per heavy atom. The van der Waals surface area contributed by atoms with Crippen LogP contribution in [0.5, 0.6) is 0 Å². The summed E-state index contributed by atoms with van der Waals surface area (Å²) in [6.45, 7) is 0. The van der Waals surface area contributed by atoms with Gasteiger partial charge in [0.2, 0.25) is 0 Å². The fraction of sp³-hybridized carbons (Fsp3) is 0.333. The lowest BCUT2D eigenvalue weighted by atomic mass is 10.5. The van der Waals surface area contributed by atoms with Crippen LogP contribution >= 0.6 is 11.3 Å². The summed E-state index contributed by atoms with van der Waals surface area (Å²) in [5, 5.41) is 0.969. The number of carbonyl (C=O) groups is 1. The number of aromatic nitrogens is 1. The van der Waals surface area contributed by atoms with Gasteiger partial charge in [0.25, 0.3) is 0 Å². The SMILES string of the molecule is O=C(Nc1nc(C(F)(F)F)cs1)C(F)(F)F. The van der Waals surface area contributed by atoms with Crippen LogP contribution in [0.4, 0.5) is 31.5 Å². The van der Waals surface area contributed by atoms with Crippen LogP contribution in [0.25, 0.3) is 0 Å². The first-order valence-electron chi connectivity index (χ1n) is 3.51. The molecule has 0 bridgehead atoms. The van der Waals surface area contributed by atoms with Crippen molar-refractivity contribution in [1.82, 2.24) is 4.98 Å². The number of hydrogen-bond donors (Lipinski definition) is 1. The highest BCUT2D eigenvalue weighted by molar-refractivity contribution is 7.13. The topological polar surface area (TPSA) is 42.0 Å². The number of hydrogen-bond acceptors (Lipinski definition) is 3. The van der Waals surface area contributed by atoms with Crippen LogP contribution in [0, 0.1) is 0 Å². The minimum atomic E-state index is -5.16. The van der Waals surface area contributed by atoms with Crippen molar-refractivity contribution >= 4 is 22.4 Å². The molecule has 0 aliphatic heterocycles. The number of halogens is 6. The zero-order valence-electron chi connectivity index (χ0n) is 7.11. The van der Waals surface area contributed by atoms with Gasteiger partial charge in [-0.3, -0.25) is 10.1 Å². The van der Waals surface area contributed by atoms with Crippen LogP contribution in [0.3, 0.4) is 0 Å². The maximum Gasteiger partial charge on any atom is 0.471 e. The van der Waals surface area contributed by atoms with Crippen LogP contribution in [-0.2, 0) is 11.0 Å². The van der Waals surface area contributed by atoms with Crippen LogP contribution in [0.2, 0.25) is 0 Å². The average molecular weight is 264 g/mol. The van der Waals surface area contributed by atoms with Gasteiger partial charge >= 0.3 is 18.3 Å². The molecule has 0 unspecified atom stereocenters. The zero-order chi connectivity index (χ0) is 12.6. The Bertz CT molecular complexity index is 394. The smallest absolute Gasteiger partial charge is 0.294 e. The van der Waals surface area contributed by atoms with Crippen molar-refractivity contribution in [3.63, 3.8) is 0 Å². The molecule has 90 valence electrons. The molecule has 0 saturated carbocycles. The predicted molar refractivity (Wildman–Crippen MR) is 41.8 cm³/mol. The number of alkyl halides is 6. The van der Waals surface area contributed by atoms with Gasteiger partial charge in [0.1, 0.15) is 0 Å². The molecular weight excluding hydrogens is 262 g/mol. The summed E-state index contributed by atoms with van der Waals surface area (Å²) in [5.41, 5.74) is -1.35. The van der Waals surface area contributed by atoms with Gasteiger partial charge in [0, 0.05) is 5.38 Å². The number of thiazole rings is 1. The molecule has 0 aliphatic carbocycles. The van der Waals surface area contributed by atoms with E-state index in [1.54, 1.807) is 0 Å². The Hall–Kier alpha value is -1.32. The van der Waals surface area contributed by atoms with Gasteiger partial charge in [-0.1, -0.05) is 0 Å². The van der Waals surface area contributed by atoms with Gasteiger partial charge in [-0.05, 0) is 0 Å². The lowest BCUT2D eigenvalue weighted by Gasteiger charge is -2.04. The molecule has 0 aromatic carbocycles. The summed E-state index contributed by atoms with van der Waals surface area (Å²) >= 11 is 0.258. The average Bonchev–Trinajstić information content (AvgIpc) is 2.49. The van der Waals surface area contributed by atoms with Crippen LogP contribution in [0.15, 0.2) is 5.38 Å². The quantitative estimate of drug-likeness (QED) is 0.792. The Morgan fingerprint density at radius 2 is 1.81 bits per heavy atom. The van der Waals surface area contributed by atoms with Crippen molar-refractivity contribution in [2.75, 3.05) is 5.32 Å². The van der Waals surface area contributed by atoms with Gasteiger partial charge < -0.3 is 0 Å². The summed E-state index contributed by atoms with van der Waals surface area (Å²) in [6, 6.07) is 0. The standard InChI is InChI=1S/C6H2F6N2OS/c7-5(8,9)2-1-16-4(13-2)14-3(15)6(10,11)12/h1H,(H,13,14,15). The Balaban J connectivity index is 2.78. The van der Waals surface area contributed by atoms with Crippen molar-refractivity contribution in [2.24, 2.45) is 0 Å². The van der Waals surface area contributed by atoms with E-state index in [4.69, 9.17) is 0 Å². The van der Waals surface area contributed by atoms with Crippen LogP contribution in [-0.4, -0.2) is 17.1 Å². The first-order valence-corrected chi connectivity index (χ1v) is 4.39. The highest BCUT2D eigenvalue weighted by Crippen LogP contribution is 2.32. The van der Waals surface area contributed by atoms with Gasteiger partial charge in [-0.15, -0.1) is 11.3 Å². The lowest BCUT2D eigenvalue weighted by Crippen LogP contribution is -2.29. The summed E-state index contributed by atoms with van der Waals surface area (Å²) in [4.78, 5) is 13.1. The van der Waals surface area contributed by atoms with Crippen molar-refractivity contribution < 1.29 is 31.1 Å². The Kier molecular flexibility index (Phi) is 3.13. The van der Waals surface area contributed by atoms with Gasteiger partial charge in [-0.25, -0.2) is 4.98 Å². The number of carbonyl (C=O) groups excluding carboxylic acids is 1. The number of nitrogens with one attached hydrogen (secondary N) is 1. The third-order valence-electron chi connectivity index (χ3n) is 1.27. The summed E-state index contributed by atoms with van der Waals surface area (Å²) < 4.78 is 71.1. The molecular formula is C6H2F6N2OS. The molecule has 0 spiro atoms. The molecule has 1 amide bonds. The third-order valence-corrected chi connectivity index (χ3v) is 2.03. The van der Waals surface area contributed by atoms with E-state index in [2.05, 4.69) is 4.98 Å². The largest absolute Gasteiger partial charge is 0.471 e. The second-order valence-electron chi connectivity index (χ2n) is 2.49. The van der Waals surface area contributed by atoms with E-state index in [0.717, 1.165) is 0 Å². The highest BCUT2D eigenvalue weighted by atomic mass is 32.1. The van der Waals surface area contributed by atoms with Crippen molar-refractivity contribution in [3.8, 4) is 0 Å². The molecule has 1 aromatic rings. The highest BCUT2D eigenvalue weighted by Gasteiger charge is 2.40. The van der Waals surface area contributed by atoms with E-state index in [1.807, 2.05) is 0 Å². The van der Waals surface area contributed by atoms with Gasteiger partial charge in [-0.2, -0.15) is 26.3 Å². The predicted octanol–water partition coefficient (Wildman–Crippen LogP) is 2.66. The fourth-order valence-electron chi connectivity index (χ4n) is 0.629. The van der Waals surface area contributed by atoms with Crippen molar-refractivity contribution in [2.45, 2.75) is 12.4 Å². The first-order chi connectivity index (χ1) is 7.10. The van der Waals surface area contributed by atoms with Crippen molar-refractivity contribution in [3.05, 3.63) is 11.1 Å². The molecule has 0 saturated heterocycles. The molecule has 1 N–H and O–H groups in total. The van der Waals surface area contributed by atoms with Crippen LogP contribution < -0.4 is 5.32 Å². The second-order valence-corrected chi connectivity index (χ2v) is 3.35. The van der Waals surface area contributed by atoms with E-state index in [1.165, 1.54) is 5.32 Å².